The van der Waals surface area contributed by atoms with Gasteiger partial charge in [0.15, 0.2) is 5.96 Å². The maximum atomic E-state index is 4.53. The molecule has 0 spiro atoms. The zero-order valence-corrected chi connectivity index (χ0v) is 15.9. The second-order valence-corrected chi connectivity index (χ2v) is 8.23. The van der Waals surface area contributed by atoms with E-state index in [-0.39, 0.29) is 0 Å². The number of rotatable bonds is 5. The maximum absolute atomic E-state index is 4.53. The lowest BCUT2D eigenvalue weighted by atomic mass is 10.1. The lowest BCUT2D eigenvalue weighted by Crippen LogP contribution is -2.43. The molecule has 1 fully saturated rings. The summed E-state index contributed by atoms with van der Waals surface area (Å²) in [5.41, 5.74) is 1.12. The van der Waals surface area contributed by atoms with E-state index in [9.17, 15) is 0 Å². The average Bonchev–Trinajstić information content (AvgIpc) is 3.24. The van der Waals surface area contributed by atoms with E-state index in [4.69, 9.17) is 0 Å². The summed E-state index contributed by atoms with van der Waals surface area (Å²) in [5.74, 6) is 3.91. The third-order valence-electron chi connectivity index (χ3n) is 4.50. The molecule has 134 valence electrons. The minimum atomic E-state index is 0.323. The van der Waals surface area contributed by atoms with Gasteiger partial charge in [0.2, 0.25) is 0 Å². The number of hydrogen-bond donors (Lipinski definition) is 2. The van der Waals surface area contributed by atoms with Gasteiger partial charge in [0.05, 0.1) is 0 Å². The van der Waals surface area contributed by atoms with Crippen LogP contribution in [0.2, 0.25) is 0 Å². The van der Waals surface area contributed by atoms with Crippen molar-refractivity contribution in [2.45, 2.75) is 38.0 Å². The van der Waals surface area contributed by atoms with Gasteiger partial charge in [-0.25, -0.2) is 9.97 Å². The molecule has 1 saturated heterocycles. The summed E-state index contributed by atoms with van der Waals surface area (Å²) in [5, 5.41) is 6.81. The van der Waals surface area contributed by atoms with Crippen LogP contribution in [0.5, 0.6) is 0 Å². The molecule has 2 aromatic rings. The number of aliphatic imine (C=N–C) groups is 1. The molecule has 25 heavy (non-hydrogen) atoms. The van der Waals surface area contributed by atoms with E-state index < -0.39 is 0 Å². The molecular weight excluding hydrogens is 332 g/mol. The largest absolute Gasteiger partial charge is 0.355 e. The first-order valence-corrected chi connectivity index (χ1v) is 9.62. The van der Waals surface area contributed by atoms with E-state index in [0.717, 1.165) is 29.7 Å². The minimum absolute atomic E-state index is 0.323. The van der Waals surface area contributed by atoms with E-state index >= 15 is 0 Å². The Hall–Kier alpha value is -2.02. The van der Waals surface area contributed by atoms with Crippen molar-refractivity contribution in [2.75, 3.05) is 19.3 Å². The summed E-state index contributed by atoms with van der Waals surface area (Å²) in [6.07, 6.45) is 8.17. The summed E-state index contributed by atoms with van der Waals surface area (Å²) in [6, 6.07) is 4.09. The quantitative estimate of drug-likeness (QED) is 0.635. The summed E-state index contributed by atoms with van der Waals surface area (Å²) in [6.45, 7) is 5.93. The number of nitrogens with zero attached hydrogens (tertiary/aromatic N) is 4. The van der Waals surface area contributed by atoms with Crippen molar-refractivity contribution in [3.63, 3.8) is 0 Å². The van der Waals surface area contributed by atoms with Crippen LogP contribution >= 0.6 is 11.8 Å². The lowest BCUT2D eigenvalue weighted by molar-refractivity contribution is 0.584. The molecule has 0 amide bonds. The van der Waals surface area contributed by atoms with Crippen LogP contribution < -0.4 is 10.6 Å². The van der Waals surface area contributed by atoms with Crippen LogP contribution in [0.3, 0.4) is 0 Å². The van der Waals surface area contributed by atoms with Gasteiger partial charge in [0.25, 0.3) is 0 Å². The van der Waals surface area contributed by atoms with Crippen LogP contribution in [-0.4, -0.2) is 44.6 Å². The Morgan fingerprint density at radius 2 is 2.24 bits per heavy atom. The van der Waals surface area contributed by atoms with Crippen molar-refractivity contribution >= 4 is 17.7 Å². The Labute approximate surface area is 153 Å². The van der Waals surface area contributed by atoms with Crippen molar-refractivity contribution in [1.29, 1.82) is 0 Å². The number of thioether (sulfide) groups is 1. The molecule has 0 bridgehead atoms. The van der Waals surface area contributed by atoms with Crippen molar-refractivity contribution < 1.29 is 0 Å². The molecule has 1 atom stereocenters. The van der Waals surface area contributed by atoms with Gasteiger partial charge in [-0.3, -0.25) is 9.56 Å². The Morgan fingerprint density at radius 3 is 2.84 bits per heavy atom. The van der Waals surface area contributed by atoms with Crippen molar-refractivity contribution in [2.24, 2.45) is 4.99 Å². The molecule has 7 heteroatoms. The molecule has 1 aliphatic rings. The van der Waals surface area contributed by atoms with E-state index in [0.29, 0.717) is 11.3 Å². The highest BCUT2D eigenvalue weighted by atomic mass is 32.2. The van der Waals surface area contributed by atoms with Gasteiger partial charge < -0.3 is 10.6 Å². The third-order valence-corrected chi connectivity index (χ3v) is 6.03. The highest BCUT2D eigenvalue weighted by Crippen LogP contribution is 2.36. The smallest absolute Gasteiger partial charge is 0.191 e. The number of imidazole rings is 1. The van der Waals surface area contributed by atoms with Gasteiger partial charge in [-0.05, 0) is 44.1 Å². The standard InChI is InChI=1S/C18H26N6S/c1-14-20-8-9-24(14)16-6-5-15(11-21-16)12-22-17(19-3)23-13-18(2)7-4-10-25-18/h5-6,8-9,11H,4,7,10,12-13H2,1-3H3,(H2,19,22,23). The van der Waals surface area contributed by atoms with Gasteiger partial charge in [0.1, 0.15) is 11.6 Å². The molecule has 2 N–H and O–H groups in total. The van der Waals surface area contributed by atoms with Gasteiger partial charge in [-0.2, -0.15) is 11.8 Å². The molecule has 1 unspecified atom stereocenters. The van der Waals surface area contributed by atoms with Gasteiger partial charge >= 0.3 is 0 Å². The summed E-state index contributed by atoms with van der Waals surface area (Å²) in [7, 11) is 1.81. The summed E-state index contributed by atoms with van der Waals surface area (Å²) < 4.78 is 2.29. The SMILES string of the molecule is CN=C(NCc1ccc(-n2ccnc2C)nc1)NCC1(C)CCCS1. The average molecular weight is 359 g/mol. The molecule has 6 nitrogen and oxygen atoms in total. The van der Waals surface area contributed by atoms with Crippen molar-refractivity contribution in [1.82, 2.24) is 25.2 Å². The van der Waals surface area contributed by atoms with Gasteiger partial charge in [0, 0.05) is 43.5 Å². The monoisotopic (exact) mass is 358 g/mol. The zero-order chi connectivity index (χ0) is 17.7. The third kappa shape index (κ3) is 4.54. The molecule has 2 aromatic heterocycles. The normalized spacial score (nSPS) is 20.7. The van der Waals surface area contributed by atoms with Crippen LogP contribution in [0.25, 0.3) is 5.82 Å². The minimum Gasteiger partial charge on any atom is -0.355 e. The summed E-state index contributed by atoms with van der Waals surface area (Å²) in [4.78, 5) is 13.1. The Kier molecular flexibility index (Phi) is 5.63. The molecule has 3 heterocycles. The van der Waals surface area contributed by atoms with Crippen LogP contribution in [0.4, 0.5) is 0 Å². The fraction of sp³-hybridized carbons (Fsp3) is 0.500. The first-order valence-electron chi connectivity index (χ1n) is 8.63. The molecule has 0 aromatic carbocycles. The molecule has 1 aliphatic heterocycles. The Morgan fingerprint density at radius 1 is 1.36 bits per heavy atom. The number of aryl methyl sites for hydroxylation is 1. The number of aromatic nitrogens is 3. The number of nitrogens with one attached hydrogen (secondary N) is 2. The second-order valence-electron chi connectivity index (χ2n) is 6.55. The van der Waals surface area contributed by atoms with Crippen LogP contribution in [0, 0.1) is 6.92 Å². The number of hydrogen-bond acceptors (Lipinski definition) is 4. The Bertz CT molecular complexity index is 715. The maximum Gasteiger partial charge on any atom is 0.191 e. The fourth-order valence-electron chi connectivity index (χ4n) is 2.94. The van der Waals surface area contributed by atoms with E-state index in [1.807, 2.05) is 37.0 Å². The van der Waals surface area contributed by atoms with Crippen molar-refractivity contribution in [3.8, 4) is 5.82 Å². The topological polar surface area (TPSA) is 67.1 Å². The predicted octanol–water partition coefficient (Wildman–Crippen LogP) is 2.53. The van der Waals surface area contributed by atoms with Gasteiger partial charge in [-0.1, -0.05) is 6.07 Å². The highest BCUT2D eigenvalue weighted by molar-refractivity contribution is 8.00. The molecule has 0 saturated carbocycles. The number of guanidine groups is 1. The number of pyridine rings is 1. The zero-order valence-electron chi connectivity index (χ0n) is 15.1. The first kappa shape index (κ1) is 17.8. The molecular formula is C18H26N6S. The van der Waals surface area contributed by atoms with E-state index in [1.165, 1.54) is 18.6 Å². The molecule has 0 aliphatic carbocycles. The van der Waals surface area contributed by atoms with Crippen LogP contribution in [0.1, 0.15) is 31.2 Å². The second kappa shape index (κ2) is 7.91. The van der Waals surface area contributed by atoms with Crippen LogP contribution in [0.15, 0.2) is 35.7 Å². The van der Waals surface area contributed by atoms with E-state index in [1.54, 1.807) is 6.20 Å². The van der Waals surface area contributed by atoms with E-state index in [2.05, 4.69) is 50.3 Å². The van der Waals surface area contributed by atoms with Gasteiger partial charge in [-0.15, -0.1) is 0 Å². The fourth-order valence-corrected chi connectivity index (χ4v) is 4.18. The first-order chi connectivity index (χ1) is 12.1. The molecule has 3 rings (SSSR count). The van der Waals surface area contributed by atoms with Crippen LogP contribution in [-0.2, 0) is 6.54 Å². The van der Waals surface area contributed by atoms with Crippen molar-refractivity contribution in [3.05, 3.63) is 42.1 Å². The Balaban J connectivity index is 1.52. The lowest BCUT2D eigenvalue weighted by Gasteiger charge is -2.24. The predicted molar refractivity (Wildman–Crippen MR) is 104 cm³/mol. The molecule has 0 radical (unpaired) electrons. The highest BCUT2D eigenvalue weighted by Gasteiger charge is 2.29. The summed E-state index contributed by atoms with van der Waals surface area (Å²) >= 11 is 2.05.